The molecule has 0 saturated carbocycles. The largest absolute Gasteiger partial charge is 0.497 e. The average molecular weight is 467 g/mol. The number of nitrogens with zero attached hydrogens (tertiary/aromatic N) is 3. The van der Waals surface area contributed by atoms with Crippen molar-refractivity contribution in [2.45, 2.75) is 24.7 Å². The number of carbonyl (C=O) groups excluding carboxylic acids is 1. The van der Waals surface area contributed by atoms with Crippen LogP contribution in [0.2, 0.25) is 0 Å². The van der Waals surface area contributed by atoms with Gasteiger partial charge in [-0.05, 0) is 48.9 Å². The molecule has 1 aliphatic rings. The fraction of sp³-hybridized carbons (Fsp3) is 0.292. The van der Waals surface area contributed by atoms with Crippen LogP contribution in [0.3, 0.4) is 0 Å². The van der Waals surface area contributed by atoms with E-state index in [4.69, 9.17) is 14.2 Å². The summed E-state index contributed by atoms with van der Waals surface area (Å²) in [6, 6.07) is 13.2. The zero-order valence-electron chi connectivity index (χ0n) is 18.6. The van der Waals surface area contributed by atoms with Crippen LogP contribution in [0, 0.1) is 0 Å². The van der Waals surface area contributed by atoms with Gasteiger partial charge in [-0.25, -0.2) is 0 Å². The van der Waals surface area contributed by atoms with Gasteiger partial charge in [0.2, 0.25) is 5.91 Å². The van der Waals surface area contributed by atoms with Crippen molar-refractivity contribution in [2.75, 3.05) is 26.1 Å². The van der Waals surface area contributed by atoms with E-state index in [1.54, 1.807) is 13.2 Å². The topological polar surface area (TPSA) is 87.5 Å². The molecule has 0 bridgehead atoms. The number of carbonyl (C=O) groups is 1. The molecule has 0 saturated heterocycles. The Labute approximate surface area is 197 Å². The van der Waals surface area contributed by atoms with Gasteiger partial charge in [-0.3, -0.25) is 9.36 Å². The number of ether oxygens (including phenoxy) is 3. The van der Waals surface area contributed by atoms with Gasteiger partial charge in [0.1, 0.15) is 19.0 Å². The van der Waals surface area contributed by atoms with Gasteiger partial charge in [0.15, 0.2) is 22.5 Å². The smallest absolute Gasteiger partial charge is 0.230 e. The van der Waals surface area contributed by atoms with Crippen molar-refractivity contribution < 1.29 is 19.0 Å². The molecule has 8 nitrogen and oxygen atoms in total. The summed E-state index contributed by atoms with van der Waals surface area (Å²) in [4.78, 5) is 12.6. The van der Waals surface area contributed by atoms with E-state index >= 15 is 0 Å². The number of thioether (sulfide) groups is 1. The van der Waals surface area contributed by atoms with Gasteiger partial charge in [0.05, 0.1) is 18.9 Å². The zero-order valence-corrected chi connectivity index (χ0v) is 19.4. The number of methoxy groups -OCH3 is 1. The number of nitrogens with one attached hydrogen (secondary N) is 1. The summed E-state index contributed by atoms with van der Waals surface area (Å²) >= 11 is 1.34. The van der Waals surface area contributed by atoms with Gasteiger partial charge >= 0.3 is 0 Å². The zero-order chi connectivity index (χ0) is 23.2. The Balaban J connectivity index is 1.40. The summed E-state index contributed by atoms with van der Waals surface area (Å²) in [5.74, 6) is 3.04. The van der Waals surface area contributed by atoms with E-state index in [1.165, 1.54) is 11.8 Å². The monoisotopic (exact) mass is 466 g/mol. The van der Waals surface area contributed by atoms with Crippen LogP contribution in [0.5, 0.6) is 17.2 Å². The van der Waals surface area contributed by atoms with Crippen molar-refractivity contribution in [2.24, 2.45) is 0 Å². The molecule has 9 heteroatoms. The maximum absolute atomic E-state index is 12.6. The summed E-state index contributed by atoms with van der Waals surface area (Å²) in [7, 11) is 1.63. The molecule has 3 aromatic rings. The van der Waals surface area contributed by atoms with Crippen molar-refractivity contribution in [1.29, 1.82) is 0 Å². The molecule has 1 atom stereocenters. The maximum Gasteiger partial charge on any atom is 0.230 e. The summed E-state index contributed by atoms with van der Waals surface area (Å²) < 4.78 is 18.4. The van der Waals surface area contributed by atoms with Crippen molar-refractivity contribution in [3.05, 3.63) is 60.7 Å². The first-order chi connectivity index (χ1) is 16.1. The number of rotatable bonds is 9. The minimum Gasteiger partial charge on any atom is -0.497 e. The van der Waals surface area contributed by atoms with E-state index in [0.717, 1.165) is 22.6 Å². The number of aromatic nitrogens is 3. The van der Waals surface area contributed by atoms with E-state index in [0.29, 0.717) is 36.5 Å². The highest BCUT2D eigenvalue weighted by molar-refractivity contribution is 7.99. The third-order valence-electron chi connectivity index (χ3n) is 5.15. The number of allylic oxidation sites excluding steroid dienone is 1. The molecule has 1 amide bonds. The molecule has 4 rings (SSSR count). The molecule has 1 aliphatic heterocycles. The van der Waals surface area contributed by atoms with Crippen LogP contribution in [-0.2, 0) is 11.3 Å². The lowest BCUT2D eigenvalue weighted by Gasteiger charge is -2.21. The van der Waals surface area contributed by atoms with Crippen LogP contribution in [0.15, 0.2) is 60.3 Å². The molecule has 172 valence electrons. The summed E-state index contributed by atoms with van der Waals surface area (Å²) in [6.07, 6.45) is 1.78. The fourth-order valence-corrected chi connectivity index (χ4v) is 4.23. The number of amides is 1. The molecule has 0 radical (unpaired) electrons. The fourth-order valence-electron chi connectivity index (χ4n) is 3.47. The van der Waals surface area contributed by atoms with Gasteiger partial charge in [-0.2, -0.15) is 0 Å². The Morgan fingerprint density at radius 3 is 2.70 bits per heavy atom. The number of benzene rings is 2. The number of fused-ring (bicyclic) bond motifs is 1. The average Bonchev–Trinajstić information content (AvgIpc) is 3.25. The summed E-state index contributed by atoms with van der Waals surface area (Å²) in [6.45, 7) is 7.38. The molecule has 2 aromatic carbocycles. The highest BCUT2D eigenvalue weighted by Gasteiger charge is 2.18. The Bertz CT molecular complexity index is 1130. The van der Waals surface area contributed by atoms with Crippen LogP contribution < -0.4 is 19.5 Å². The van der Waals surface area contributed by atoms with Crippen molar-refractivity contribution in [3.63, 3.8) is 0 Å². The minimum absolute atomic E-state index is 0.0958. The van der Waals surface area contributed by atoms with Gasteiger partial charge in [0, 0.05) is 12.1 Å². The highest BCUT2D eigenvalue weighted by atomic mass is 32.2. The van der Waals surface area contributed by atoms with E-state index in [-0.39, 0.29) is 17.7 Å². The Morgan fingerprint density at radius 1 is 1.21 bits per heavy atom. The lowest BCUT2D eigenvalue weighted by molar-refractivity contribution is -0.119. The van der Waals surface area contributed by atoms with E-state index < -0.39 is 0 Å². The van der Waals surface area contributed by atoms with E-state index in [2.05, 4.69) is 22.1 Å². The number of hydrogen-bond donors (Lipinski definition) is 1. The third kappa shape index (κ3) is 5.31. The highest BCUT2D eigenvalue weighted by Crippen LogP contribution is 2.32. The Hall–Kier alpha value is -3.46. The first kappa shape index (κ1) is 22.7. The third-order valence-corrected chi connectivity index (χ3v) is 6.12. The Kier molecular flexibility index (Phi) is 7.19. The Morgan fingerprint density at radius 2 is 1.97 bits per heavy atom. The van der Waals surface area contributed by atoms with Crippen molar-refractivity contribution >= 4 is 17.7 Å². The first-order valence-corrected chi connectivity index (χ1v) is 11.6. The first-order valence-electron chi connectivity index (χ1n) is 10.6. The predicted molar refractivity (Wildman–Crippen MR) is 127 cm³/mol. The second-order valence-electron chi connectivity index (χ2n) is 7.41. The molecule has 1 aromatic heterocycles. The second kappa shape index (κ2) is 10.4. The molecule has 33 heavy (non-hydrogen) atoms. The SMILES string of the molecule is C=CCn1c(SCC(=O)N[C@H](C)c2ccc3c(c2)OCCO3)nnc1-c1ccc(OC)cc1. The van der Waals surface area contributed by atoms with E-state index in [1.807, 2.05) is 54.0 Å². The molecule has 0 fully saturated rings. The molecule has 2 heterocycles. The standard InChI is InChI=1S/C24H26N4O4S/c1-4-11-28-23(17-5-8-19(30-3)9-6-17)26-27-24(28)33-15-22(29)25-16(2)18-7-10-20-21(14-18)32-13-12-31-20/h4-10,14,16H,1,11-13,15H2,2-3H3,(H,25,29)/t16-/m1/s1. The quantitative estimate of drug-likeness (QED) is 0.378. The summed E-state index contributed by atoms with van der Waals surface area (Å²) in [5, 5.41) is 12.3. The molecule has 0 aliphatic carbocycles. The minimum atomic E-state index is -0.171. The molecular weight excluding hydrogens is 440 g/mol. The maximum atomic E-state index is 12.6. The van der Waals surface area contributed by atoms with Gasteiger partial charge in [-0.15, -0.1) is 16.8 Å². The molecule has 0 unspecified atom stereocenters. The lowest BCUT2D eigenvalue weighted by Crippen LogP contribution is -2.28. The predicted octanol–water partition coefficient (Wildman–Crippen LogP) is 3.88. The summed E-state index contributed by atoms with van der Waals surface area (Å²) in [5.41, 5.74) is 1.86. The van der Waals surface area contributed by atoms with Crippen LogP contribution in [-0.4, -0.2) is 46.7 Å². The molecular formula is C24H26N4O4S. The van der Waals surface area contributed by atoms with Gasteiger partial charge in [0.25, 0.3) is 0 Å². The second-order valence-corrected chi connectivity index (χ2v) is 8.36. The van der Waals surface area contributed by atoms with Crippen molar-refractivity contribution in [1.82, 2.24) is 20.1 Å². The van der Waals surface area contributed by atoms with Crippen molar-refractivity contribution in [3.8, 4) is 28.6 Å². The van der Waals surface area contributed by atoms with Crippen LogP contribution in [0.1, 0.15) is 18.5 Å². The van der Waals surface area contributed by atoms with Crippen LogP contribution >= 0.6 is 11.8 Å². The number of hydrogen-bond acceptors (Lipinski definition) is 7. The molecule has 1 N–H and O–H groups in total. The van der Waals surface area contributed by atoms with Gasteiger partial charge < -0.3 is 19.5 Å². The van der Waals surface area contributed by atoms with Gasteiger partial charge in [-0.1, -0.05) is 23.9 Å². The molecule has 0 spiro atoms. The van der Waals surface area contributed by atoms with E-state index in [9.17, 15) is 4.79 Å². The van der Waals surface area contributed by atoms with Crippen LogP contribution in [0.25, 0.3) is 11.4 Å². The lowest BCUT2D eigenvalue weighted by atomic mass is 10.1. The van der Waals surface area contributed by atoms with Crippen LogP contribution in [0.4, 0.5) is 0 Å². The normalized spacial score (nSPS) is 13.3.